The number of halogens is 2. The number of hydrogen-bond donors (Lipinski definition) is 1. The number of piperidine rings is 1. The number of β-amino-alcohol motifs (C(OH)–C–C–N with tert-alkyl or cyclic N) is 1. The van der Waals surface area contributed by atoms with Crippen molar-refractivity contribution in [2.45, 2.75) is 39.4 Å². The summed E-state index contributed by atoms with van der Waals surface area (Å²) in [5, 5.41) is 11.4. The Morgan fingerprint density at radius 2 is 1.84 bits per heavy atom. The minimum atomic E-state index is -0.986. The predicted molar refractivity (Wildman–Crippen MR) is 113 cm³/mol. The smallest absolute Gasteiger partial charge is 0.254 e. The van der Waals surface area contributed by atoms with Crippen molar-refractivity contribution in [2.24, 2.45) is 0 Å². The fraction of sp³-hybridized carbons (Fsp3) is 0.333. The third-order valence-corrected chi connectivity index (χ3v) is 5.77. The molecule has 7 heteroatoms. The van der Waals surface area contributed by atoms with Gasteiger partial charge in [0.05, 0.1) is 17.6 Å². The molecule has 1 saturated heterocycles. The Bertz CT molecular complexity index is 1150. The SMILES string of the molecule is Cc1ccc2nc(C)c(C)c(C(=O)N3CC[C@@H](Oc4cc(F)cc(F)c4)[C@H](O)C3)c2c1. The Balaban J connectivity index is 1.57. The van der Waals surface area contributed by atoms with E-state index in [9.17, 15) is 18.7 Å². The highest BCUT2D eigenvalue weighted by Gasteiger charge is 2.33. The zero-order valence-electron chi connectivity index (χ0n) is 17.7. The number of likely N-dealkylation sites (tertiary alicyclic amines) is 1. The van der Waals surface area contributed by atoms with Gasteiger partial charge >= 0.3 is 0 Å². The number of ether oxygens (including phenoxy) is 1. The first-order valence-corrected chi connectivity index (χ1v) is 10.2. The Hall–Kier alpha value is -3.06. The molecule has 0 spiro atoms. The van der Waals surface area contributed by atoms with E-state index in [-0.39, 0.29) is 18.2 Å². The highest BCUT2D eigenvalue weighted by Crippen LogP contribution is 2.28. The number of fused-ring (bicyclic) bond motifs is 1. The first-order chi connectivity index (χ1) is 14.7. The summed E-state index contributed by atoms with van der Waals surface area (Å²) in [7, 11) is 0. The third-order valence-electron chi connectivity index (χ3n) is 5.77. The molecule has 0 aliphatic carbocycles. The Morgan fingerprint density at radius 3 is 2.52 bits per heavy atom. The second-order valence-corrected chi connectivity index (χ2v) is 8.09. The predicted octanol–water partition coefficient (Wildman–Crippen LogP) is 4.09. The van der Waals surface area contributed by atoms with Crippen LogP contribution < -0.4 is 4.74 Å². The van der Waals surface area contributed by atoms with Crippen molar-refractivity contribution in [3.8, 4) is 5.75 Å². The van der Waals surface area contributed by atoms with E-state index in [1.54, 1.807) is 4.90 Å². The molecule has 162 valence electrons. The Morgan fingerprint density at radius 1 is 1.13 bits per heavy atom. The van der Waals surface area contributed by atoms with Crippen LogP contribution >= 0.6 is 0 Å². The molecular formula is C24H24F2N2O3. The van der Waals surface area contributed by atoms with Crippen molar-refractivity contribution in [3.05, 3.63) is 70.4 Å². The first kappa shape index (κ1) is 21.2. The highest BCUT2D eigenvalue weighted by molar-refractivity contribution is 6.07. The molecule has 31 heavy (non-hydrogen) atoms. The maximum Gasteiger partial charge on any atom is 0.254 e. The normalized spacial score (nSPS) is 19.0. The summed E-state index contributed by atoms with van der Waals surface area (Å²) in [6.07, 6.45) is -1.31. The zero-order chi connectivity index (χ0) is 22.3. The number of amides is 1. The lowest BCUT2D eigenvalue weighted by atomic mass is 9.97. The molecule has 0 unspecified atom stereocenters. The van der Waals surface area contributed by atoms with E-state index < -0.39 is 23.8 Å². The van der Waals surface area contributed by atoms with E-state index in [0.717, 1.165) is 45.9 Å². The molecule has 0 bridgehead atoms. The van der Waals surface area contributed by atoms with E-state index in [4.69, 9.17) is 4.74 Å². The molecule has 4 rings (SSSR count). The lowest BCUT2D eigenvalue weighted by molar-refractivity contribution is -0.0200. The number of hydrogen-bond acceptors (Lipinski definition) is 4. The van der Waals surface area contributed by atoms with Crippen LogP contribution in [0, 0.1) is 32.4 Å². The molecule has 1 aliphatic heterocycles. The van der Waals surface area contributed by atoms with Crippen molar-refractivity contribution in [1.29, 1.82) is 0 Å². The largest absolute Gasteiger partial charge is 0.487 e. The quantitative estimate of drug-likeness (QED) is 0.685. The van der Waals surface area contributed by atoms with Crippen molar-refractivity contribution in [2.75, 3.05) is 13.1 Å². The minimum Gasteiger partial charge on any atom is -0.487 e. The van der Waals surface area contributed by atoms with Gasteiger partial charge in [-0.15, -0.1) is 0 Å². The summed E-state index contributed by atoms with van der Waals surface area (Å²) in [6.45, 7) is 6.13. The number of pyridine rings is 1. The molecular weight excluding hydrogens is 402 g/mol. The van der Waals surface area contributed by atoms with E-state index >= 15 is 0 Å². The molecule has 1 fully saturated rings. The standard InChI is InChI=1S/C24H24F2N2O3/c1-13-4-5-20-19(8-13)23(14(2)15(3)27-20)24(30)28-7-6-22(21(29)12-28)31-18-10-16(25)9-17(26)11-18/h4-5,8-11,21-22,29H,6-7,12H2,1-3H3/t21-,22-/m1/s1. The van der Waals surface area contributed by atoms with Crippen molar-refractivity contribution >= 4 is 16.8 Å². The van der Waals surface area contributed by atoms with Gasteiger partial charge in [0.1, 0.15) is 29.6 Å². The zero-order valence-corrected chi connectivity index (χ0v) is 17.7. The van der Waals surface area contributed by atoms with Gasteiger partial charge in [0.15, 0.2) is 0 Å². The number of aryl methyl sites for hydroxylation is 2. The van der Waals surface area contributed by atoms with Crippen LogP contribution in [0.25, 0.3) is 10.9 Å². The van der Waals surface area contributed by atoms with Gasteiger partial charge in [-0.3, -0.25) is 9.78 Å². The molecule has 2 atom stereocenters. The van der Waals surface area contributed by atoms with Crippen LogP contribution in [0.2, 0.25) is 0 Å². The maximum atomic E-state index is 13.4. The van der Waals surface area contributed by atoms with Gasteiger partial charge in [0.25, 0.3) is 5.91 Å². The van der Waals surface area contributed by atoms with Crippen LogP contribution in [-0.2, 0) is 0 Å². The van der Waals surface area contributed by atoms with Crippen LogP contribution in [0.15, 0.2) is 36.4 Å². The Kier molecular flexibility index (Phi) is 5.62. The van der Waals surface area contributed by atoms with E-state index in [1.807, 2.05) is 39.0 Å². The van der Waals surface area contributed by atoms with Gasteiger partial charge in [-0.1, -0.05) is 11.6 Å². The van der Waals surface area contributed by atoms with E-state index in [1.165, 1.54) is 0 Å². The fourth-order valence-electron chi connectivity index (χ4n) is 4.03. The fourth-order valence-corrected chi connectivity index (χ4v) is 4.03. The van der Waals surface area contributed by atoms with Gasteiger partial charge in [-0.05, 0) is 38.5 Å². The first-order valence-electron chi connectivity index (χ1n) is 10.2. The second-order valence-electron chi connectivity index (χ2n) is 8.09. The summed E-state index contributed by atoms with van der Waals surface area (Å²) in [5.41, 5.74) is 3.97. The number of carbonyl (C=O) groups is 1. The summed E-state index contributed by atoms with van der Waals surface area (Å²) >= 11 is 0. The van der Waals surface area contributed by atoms with Crippen LogP contribution in [-0.4, -0.2) is 46.2 Å². The summed E-state index contributed by atoms with van der Waals surface area (Å²) in [5.74, 6) is -1.65. The molecule has 2 aromatic carbocycles. The van der Waals surface area contributed by atoms with Crippen LogP contribution in [0.3, 0.4) is 0 Å². The number of aromatic nitrogens is 1. The molecule has 1 aromatic heterocycles. The third kappa shape index (κ3) is 4.23. The van der Waals surface area contributed by atoms with Crippen LogP contribution in [0.1, 0.15) is 33.6 Å². The molecule has 3 aromatic rings. The second kappa shape index (κ2) is 8.23. The van der Waals surface area contributed by atoms with Crippen LogP contribution in [0.5, 0.6) is 5.75 Å². The van der Waals surface area contributed by atoms with Gasteiger partial charge < -0.3 is 14.7 Å². The number of benzene rings is 2. The number of rotatable bonds is 3. The Labute approximate surface area is 179 Å². The van der Waals surface area contributed by atoms with Gasteiger partial charge in [-0.2, -0.15) is 0 Å². The summed E-state index contributed by atoms with van der Waals surface area (Å²) in [6, 6.07) is 8.72. The minimum absolute atomic E-state index is 0.0170. The molecule has 0 radical (unpaired) electrons. The lowest BCUT2D eigenvalue weighted by Crippen LogP contribution is -2.51. The van der Waals surface area contributed by atoms with Crippen molar-refractivity contribution < 1.29 is 23.4 Å². The molecule has 0 saturated carbocycles. The van der Waals surface area contributed by atoms with E-state index in [0.29, 0.717) is 18.5 Å². The number of aliphatic hydroxyl groups excluding tert-OH is 1. The topological polar surface area (TPSA) is 62.7 Å². The molecule has 1 amide bonds. The number of carbonyl (C=O) groups excluding carboxylic acids is 1. The summed E-state index contributed by atoms with van der Waals surface area (Å²) < 4.78 is 32.5. The average molecular weight is 426 g/mol. The van der Waals surface area contributed by atoms with Crippen LogP contribution in [0.4, 0.5) is 8.78 Å². The average Bonchev–Trinajstić information content (AvgIpc) is 2.70. The number of aliphatic hydroxyl groups is 1. The molecule has 2 heterocycles. The van der Waals surface area contributed by atoms with Gasteiger partial charge in [0.2, 0.25) is 0 Å². The van der Waals surface area contributed by atoms with Gasteiger partial charge in [0, 0.05) is 42.2 Å². The number of nitrogens with zero attached hydrogens (tertiary/aromatic N) is 2. The molecule has 1 N–H and O–H groups in total. The van der Waals surface area contributed by atoms with Crippen molar-refractivity contribution in [1.82, 2.24) is 9.88 Å². The monoisotopic (exact) mass is 426 g/mol. The molecule has 1 aliphatic rings. The highest BCUT2D eigenvalue weighted by atomic mass is 19.1. The lowest BCUT2D eigenvalue weighted by Gasteiger charge is -2.36. The summed E-state index contributed by atoms with van der Waals surface area (Å²) in [4.78, 5) is 19.6. The van der Waals surface area contributed by atoms with Gasteiger partial charge in [-0.25, -0.2) is 8.78 Å². The maximum absolute atomic E-state index is 13.4. The molecule has 5 nitrogen and oxygen atoms in total. The van der Waals surface area contributed by atoms with Crippen molar-refractivity contribution in [3.63, 3.8) is 0 Å². The van der Waals surface area contributed by atoms with E-state index in [2.05, 4.69) is 4.98 Å².